The first-order valence-electron chi connectivity index (χ1n) is 7.94. The lowest BCUT2D eigenvalue weighted by Gasteiger charge is -2.16. The molecule has 1 aromatic heterocycles. The van der Waals surface area contributed by atoms with Gasteiger partial charge in [-0.15, -0.1) is 11.3 Å². The van der Waals surface area contributed by atoms with Crippen LogP contribution < -0.4 is 5.32 Å². The lowest BCUT2D eigenvalue weighted by atomic mass is 10.2. The molecule has 0 aliphatic carbocycles. The summed E-state index contributed by atoms with van der Waals surface area (Å²) in [5.74, 6) is -0.541. The van der Waals surface area contributed by atoms with E-state index in [0.29, 0.717) is 0 Å². The smallest absolute Gasteiger partial charge is 0.407 e. The Morgan fingerprint density at radius 2 is 1.96 bits per heavy atom. The van der Waals surface area contributed by atoms with Crippen molar-refractivity contribution < 1.29 is 29.3 Å². The summed E-state index contributed by atoms with van der Waals surface area (Å²) in [4.78, 5) is 27.4. The van der Waals surface area contributed by atoms with Crippen molar-refractivity contribution >= 4 is 23.4 Å². The van der Waals surface area contributed by atoms with Crippen LogP contribution in [-0.4, -0.2) is 46.5 Å². The van der Waals surface area contributed by atoms with E-state index in [1.165, 1.54) is 6.20 Å². The van der Waals surface area contributed by atoms with Crippen molar-refractivity contribution in [2.24, 2.45) is 0 Å². The molecule has 0 bridgehead atoms. The van der Waals surface area contributed by atoms with Gasteiger partial charge in [0.1, 0.15) is 28.7 Å². The number of alkyl carbamates (subject to hydrolysis) is 1. The molecule has 1 heterocycles. The van der Waals surface area contributed by atoms with Gasteiger partial charge >= 0.3 is 12.1 Å². The zero-order valence-electron chi connectivity index (χ0n) is 14.1. The third-order valence-electron chi connectivity index (χ3n) is 3.29. The Bertz CT molecular complexity index is 721. The third-order valence-corrected chi connectivity index (χ3v) is 4.33. The Labute approximate surface area is 154 Å². The summed E-state index contributed by atoms with van der Waals surface area (Å²) in [7, 11) is 0. The van der Waals surface area contributed by atoms with Crippen molar-refractivity contribution in [2.45, 2.75) is 25.7 Å². The van der Waals surface area contributed by atoms with Gasteiger partial charge in [-0.05, 0) is 12.5 Å². The van der Waals surface area contributed by atoms with E-state index in [2.05, 4.69) is 10.3 Å². The summed E-state index contributed by atoms with van der Waals surface area (Å²) in [5.41, 5.74) is 0.831. The molecule has 0 aliphatic rings. The lowest BCUT2D eigenvalue weighted by Crippen LogP contribution is -2.35. The lowest BCUT2D eigenvalue weighted by molar-refractivity contribution is 0.0183. The van der Waals surface area contributed by atoms with Crippen LogP contribution in [0.3, 0.4) is 0 Å². The number of nitrogens with zero attached hydrogens (tertiary/aromatic N) is 1. The monoisotopic (exact) mass is 380 g/mol. The molecule has 8 nitrogen and oxygen atoms in total. The molecular formula is C17H20N2O6S. The van der Waals surface area contributed by atoms with E-state index in [4.69, 9.17) is 9.47 Å². The van der Waals surface area contributed by atoms with Crippen LogP contribution in [0.15, 0.2) is 36.5 Å². The number of hydrogen-bond donors (Lipinski definition) is 3. The van der Waals surface area contributed by atoms with E-state index in [0.717, 1.165) is 16.9 Å². The molecule has 0 saturated heterocycles. The van der Waals surface area contributed by atoms with Gasteiger partial charge in [-0.2, -0.15) is 0 Å². The fourth-order valence-corrected chi connectivity index (χ4v) is 2.82. The Kier molecular flexibility index (Phi) is 7.52. The number of aliphatic hydroxyl groups is 2. The summed E-state index contributed by atoms with van der Waals surface area (Å²) in [6, 6.07) is 9.14. The molecule has 140 valence electrons. The molecule has 2 unspecified atom stereocenters. The number of esters is 1. The highest BCUT2D eigenvalue weighted by Gasteiger charge is 2.24. The zero-order valence-corrected chi connectivity index (χ0v) is 14.9. The van der Waals surface area contributed by atoms with Crippen molar-refractivity contribution in [2.75, 3.05) is 13.2 Å². The fourth-order valence-electron chi connectivity index (χ4n) is 1.96. The maximum Gasteiger partial charge on any atom is 0.407 e. The van der Waals surface area contributed by atoms with Gasteiger partial charge in [0, 0.05) is 6.54 Å². The van der Waals surface area contributed by atoms with E-state index in [1.807, 2.05) is 30.3 Å². The molecule has 1 aromatic carbocycles. The normalized spacial score (nSPS) is 12.9. The van der Waals surface area contributed by atoms with E-state index >= 15 is 0 Å². The first-order chi connectivity index (χ1) is 12.5. The van der Waals surface area contributed by atoms with Gasteiger partial charge in [-0.25, -0.2) is 14.6 Å². The molecule has 2 rings (SSSR count). The third kappa shape index (κ3) is 5.80. The predicted octanol–water partition coefficient (Wildman–Crippen LogP) is 1.64. The Morgan fingerprint density at radius 3 is 2.65 bits per heavy atom. The van der Waals surface area contributed by atoms with Gasteiger partial charge < -0.3 is 25.0 Å². The number of carbonyl (C=O) groups excluding carboxylic acids is 2. The number of carbonyl (C=O) groups is 2. The Hall–Kier alpha value is -2.49. The number of rotatable bonds is 8. The second kappa shape index (κ2) is 9.85. The van der Waals surface area contributed by atoms with Crippen LogP contribution in [0.1, 0.15) is 33.3 Å². The number of aliphatic hydroxyl groups excluding tert-OH is 2. The molecule has 2 atom stereocenters. The largest absolute Gasteiger partial charge is 0.462 e. The molecule has 0 spiro atoms. The quantitative estimate of drug-likeness (QED) is 0.596. The van der Waals surface area contributed by atoms with E-state index < -0.39 is 24.3 Å². The Balaban J connectivity index is 1.78. The standard InChI is InChI=1S/C17H20N2O6S/c1-2-24-16(22)13-9-18-15(26-13)14(21)12(20)8-19-17(23)25-10-11-6-4-3-5-7-11/h3-7,9,12,14,20-21H,2,8,10H2,1H3,(H,19,23). The van der Waals surface area contributed by atoms with Gasteiger partial charge in [0.15, 0.2) is 0 Å². The van der Waals surface area contributed by atoms with Crippen molar-refractivity contribution in [3.63, 3.8) is 0 Å². The summed E-state index contributed by atoms with van der Waals surface area (Å²) in [6.45, 7) is 1.77. The second-order valence-electron chi connectivity index (χ2n) is 5.24. The molecule has 0 aliphatic heterocycles. The van der Waals surface area contributed by atoms with Gasteiger partial charge in [0.05, 0.1) is 12.8 Å². The number of nitrogens with one attached hydrogen (secondary N) is 1. The summed E-state index contributed by atoms with van der Waals surface area (Å²) in [6.07, 6.45) is -2.10. The van der Waals surface area contributed by atoms with E-state index in [9.17, 15) is 19.8 Å². The topological polar surface area (TPSA) is 118 Å². The molecule has 0 fully saturated rings. The minimum absolute atomic E-state index is 0.0979. The molecule has 0 saturated carbocycles. The fraction of sp³-hybridized carbons (Fsp3) is 0.353. The second-order valence-corrected chi connectivity index (χ2v) is 6.30. The average Bonchev–Trinajstić information content (AvgIpc) is 3.15. The summed E-state index contributed by atoms with van der Waals surface area (Å²) in [5, 5.41) is 22.6. The molecule has 1 amide bonds. The number of benzene rings is 1. The SMILES string of the molecule is CCOC(=O)c1cnc(C(O)C(O)CNC(=O)OCc2ccccc2)s1. The summed E-state index contributed by atoms with van der Waals surface area (Å²) < 4.78 is 9.85. The Morgan fingerprint density at radius 1 is 1.23 bits per heavy atom. The highest BCUT2D eigenvalue weighted by molar-refractivity contribution is 7.13. The van der Waals surface area contributed by atoms with Gasteiger partial charge in [0.2, 0.25) is 0 Å². The highest BCUT2D eigenvalue weighted by Crippen LogP contribution is 2.23. The highest BCUT2D eigenvalue weighted by atomic mass is 32.1. The van der Waals surface area contributed by atoms with Crippen LogP contribution in [0.2, 0.25) is 0 Å². The molecule has 0 radical (unpaired) electrons. The van der Waals surface area contributed by atoms with Crippen LogP contribution in [0, 0.1) is 0 Å². The van der Waals surface area contributed by atoms with E-state index in [1.54, 1.807) is 6.92 Å². The van der Waals surface area contributed by atoms with Crippen LogP contribution >= 0.6 is 11.3 Å². The van der Waals surface area contributed by atoms with E-state index in [-0.39, 0.29) is 29.6 Å². The first kappa shape index (κ1) is 19.8. The predicted molar refractivity (Wildman–Crippen MR) is 93.7 cm³/mol. The number of hydrogen-bond acceptors (Lipinski definition) is 8. The molecular weight excluding hydrogens is 360 g/mol. The molecule has 9 heteroatoms. The van der Waals surface area contributed by atoms with Crippen LogP contribution in [-0.2, 0) is 16.1 Å². The summed E-state index contributed by atoms with van der Waals surface area (Å²) >= 11 is 0.920. The van der Waals surface area contributed by atoms with Crippen molar-refractivity contribution in [3.05, 3.63) is 52.0 Å². The maximum atomic E-state index is 11.6. The minimum Gasteiger partial charge on any atom is -0.462 e. The van der Waals surface area contributed by atoms with Crippen molar-refractivity contribution in [1.82, 2.24) is 10.3 Å². The molecule has 3 N–H and O–H groups in total. The number of aromatic nitrogens is 1. The number of amides is 1. The van der Waals surface area contributed by atoms with Crippen LogP contribution in [0.5, 0.6) is 0 Å². The number of ether oxygens (including phenoxy) is 2. The van der Waals surface area contributed by atoms with Crippen molar-refractivity contribution in [3.8, 4) is 0 Å². The van der Waals surface area contributed by atoms with Gasteiger partial charge in [-0.3, -0.25) is 0 Å². The number of thiazole rings is 1. The van der Waals surface area contributed by atoms with Crippen LogP contribution in [0.25, 0.3) is 0 Å². The zero-order chi connectivity index (χ0) is 18.9. The van der Waals surface area contributed by atoms with Gasteiger partial charge in [0.25, 0.3) is 0 Å². The maximum absolute atomic E-state index is 11.6. The van der Waals surface area contributed by atoms with Crippen molar-refractivity contribution in [1.29, 1.82) is 0 Å². The molecule has 2 aromatic rings. The van der Waals surface area contributed by atoms with Gasteiger partial charge in [-0.1, -0.05) is 30.3 Å². The molecule has 26 heavy (non-hydrogen) atoms. The van der Waals surface area contributed by atoms with Crippen LogP contribution in [0.4, 0.5) is 4.79 Å². The average molecular weight is 380 g/mol. The first-order valence-corrected chi connectivity index (χ1v) is 8.76. The minimum atomic E-state index is -1.35.